The van der Waals surface area contributed by atoms with Gasteiger partial charge in [-0.3, -0.25) is 9.48 Å². The highest BCUT2D eigenvalue weighted by atomic mass is 16.1. The van der Waals surface area contributed by atoms with Gasteiger partial charge in [0.1, 0.15) is 0 Å². The molecule has 3 aromatic rings. The average Bonchev–Trinajstić information content (AvgIpc) is 3.18. The molecular weight excluding hydrogens is 290 g/mol. The van der Waals surface area contributed by atoms with Crippen molar-refractivity contribution in [2.45, 2.75) is 26.3 Å². The summed E-state index contributed by atoms with van der Waals surface area (Å²) in [6.07, 6.45) is 6.97. The summed E-state index contributed by atoms with van der Waals surface area (Å²) in [6, 6.07) is 9.18. The molecule has 0 saturated carbocycles. The minimum absolute atomic E-state index is 0.129. The van der Waals surface area contributed by atoms with Gasteiger partial charge in [-0.1, -0.05) is 12.1 Å². The van der Waals surface area contributed by atoms with E-state index in [0.29, 0.717) is 11.3 Å². The largest absolute Gasteiger partial charge is 0.319 e. The fraction of sp³-hybridized carbons (Fsp3) is 0.235. The van der Waals surface area contributed by atoms with Crippen LogP contribution in [0.4, 0.5) is 5.69 Å². The second-order valence-electron chi connectivity index (χ2n) is 6.27. The fourth-order valence-electron chi connectivity index (χ4n) is 2.23. The molecule has 1 amide bonds. The zero-order valence-electron chi connectivity index (χ0n) is 13.4. The highest BCUT2D eigenvalue weighted by Crippen LogP contribution is 2.18. The minimum atomic E-state index is -0.190. The average molecular weight is 309 g/mol. The number of aromatic nitrogens is 4. The predicted octanol–water partition coefficient (Wildman–Crippen LogP) is 3.08. The van der Waals surface area contributed by atoms with Crippen LogP contribution in [0.15, 0.2) is 55.1 Å². The van der Waals surface area contributed by atoms with Gasteiger partial charge < -0.3 is 5.32 Å². The van der Waals surface area contributed by atoms with Gasteiger partial charge in [0.05, 0.1) is 28.7 Å². The Morgan fingerprint density at radius 3 is 2.57 bits per heavy atom. The van der Waals surface area contributed by atoms with Crippen molar-refractivity contribution in [3.63, 3.8) is 0 Å². The number of anilines is 1. The predicted molar refractivity (Wildman–Crippen MR) is 88.7 cm³/mol. The van der Waals surface area contributed by atoms with Gasteiger partial charge >= 0.3 is 0 Å². The maximum atomic E-state index is 12.6. The summed E-state index contributed by atoms with van der Waals surface area (Å²) < 4.78 is 3.50. The maximum absolute atomic E-state index is 12.6. The number of carbonyl (C=O) groups is 1. The first-order valence-electron chi connectivity index (χ1n) is 7.41. The molecule has 23 heavy (non-hydrogen) atoms. The van der Waals surface area contributed by atoms with Crippen LogP contribution in [0, 0.1) is 0 Å². The summed E-state index contributed by atoms with van der Waals surface area (Å²) in [7, 11) is 0. The van der Waals surface area contributed by atoms with Crippen LogP contribution < -0.4 is 5.32 Å². The molecule has 3 rings (SSSR count). The van der Waals surface area contributed by atoms with Crippen LogP contribution in [0.3, 0.4) is 0 Å². The van der Waals surface area contributed by atoms with Crippen LogP contribution in [0.1, 0.15) is 31.1 Å². The van der Waals surface area contributed by atoms with Gasteiger partial charge in [-0.15, -0.1) is 0 Å². The van der Waals surface area contributed by atoms with Crippen molar-refractivity contribution in [2.75, 3.05) is 5.32 Å². The van der Waals surface area contributed by atoms with Crippen molar-refractivity contribution in [2.24, 2.45) is 0 Å². The molecule has 0 saturated heterocycles. The van der Waals surface area contributed by atoms with Crippen molar-refractivity contribution in [3.8, 4) is 5.69 Å². The number of benzene rings is 1. The molecule has 0 radical (unpaired) electrons. The van der Waals surface area contributed by atoms with Crippen molar-refractivity contribution < 1.29 is 4.79 Å². The van der Waals surface area contributed by atoms with Gasteiger partial charge in [0.2, 0.25) is 0 Å². The second kappa shape index (κ2) is 5.72. The normalized spacial score (nSPS) is 11.4. The van der Waals surface area contributed by atoms with E-state index in [0.717, 1.165) is 5.69 Å². The smallest absolute Gasteiger partial charge is 0.257 e. The number of para-hydroxylation sites is 1. The fourth-order valence-corrected chi connectivity index (χ4v) is 2.23. The van der Waals surface area contributed by atoms with E-state index < -0.39 is 0 Å². The topological polar surface area (TPSA) is 64.7 Å². The van der Waals surface area contributed by atoms with Crippen LogP contribution in [-0.4, -0.2) is 25.5 Å². The first kappa shape index (κ1) is 15.0. The summed E-state index contributed by atoms with van der Waals surface area (Å²) in [5, 5.41) is 11.4. The Bertz CT molecular complexity index is 812. The number of nitrogens with one attached hydrogen (secondary N) is 1. The molecule has 0 aliphatic rings. The molecule has 0 spiro atoms. The summed E-state index contributed by atoms with van der Waals surface area (Å²) in [5.74, 6) is -0.190. The van der Waals surface area contributed by atoms with E-state index >= 15 is 0 Å². The number of hydrogen-bond donors (Lipinski definition) is 1. The van der Waals surface area contributed by atoms with E-state index in [4.69, 9.17) is 0 Å². The molecule has 6 nitrogen and oxygen atoms in total. The molecule has 0 atom stereocenters. The Labute approximate surface area is 134 Å². The molecule has 0 fully saturated rings. The molecule has 0 aliphatic heterocycles. The van der Waals surface area contributed by atoms with E-state index in [1.807, 2.05) is 41.3 Å². The van der Waals surface area contributed by atoms with E-state index in [-0.39, 0.29) is 11.4 Å². The number of rotatable bonds is 3. The Kier molecular flexibility index (Phi) is 3.73. The zero-order valence-corrected chi connectivity index (χ0v) is 13.4. The standard InChI is InChI=1S/C17H19N5O/c1-17(2,3)22-12-13(11-19-22)20-16(23)14-7-4-5-8-15(14)21-10-6-9-18-21/h4-12H,1-3H3,(H,20,23). The third-order valence-electron chi connectivity index (χ3n) is 3.43. The molecule has 2 aromatic heterocycles. The molecule has 6 heteroatoms. The Morgan fingerprint density at radius 2 is 1.91 bits per heavy atom. The Hall–Kier alpha value is -2.89. The van der Waals surface area contributed by atoms with Crippen molar-refractivity contribution in [3.05, 3.63) is 60.7 Å². The lowest BCUT2D eigenvalue weighted by Gasteiger charge is -2.18. The lowest BCUT2D eigenvalue weighted by atomic mass is 10.1. The van der Waals surface area contributed by atoms with Crippen LogP contribution in [0.25, 0.3) is 5.69 Å². The lowest BCUT2D eigenvalue weighted by Crippen LogP contribution is -2.22. The van der Waals surface area contributed by atoms with E-state index in [9.17, 15) is 4.79 Å². The van der Waals surface area contributed by atoms with Crippen LogP contribution >= 0.6 is 0 Å². The highest BCUT2D eigenvalue weighted by Gasteiger charge is 2.17. The number of carbonyl (C=O) groups excluding carboxylic acids is 1. The van der Waals surface area contributed by atoms with Crippen molar-refractivity contribution in [1.82, 2.24) is 19.6 Å². The van der Waals surface area contributed by atoms with Gasteiger partial charge in [0.25, 0.3) is 5.91 Å². The van der Waals surface area contributed by atoms with Crippen LogP contribution in [-0.2, 0) is 5.54 Å². The third-order valence-corrected chi connectivity index (χ3v) is 3.43. The third kappa shape index (κ3) is 3.15. The van der Waals surface area contributed by atoms with Crippen molar-refractivity contribution >= 4 is 11.6 Å². The quantitative estimate of drug-likeness (QED) is 0.808. The van der Waals surface area contributed by atoms with Gasteiger partial charge in [-0.25, -0.2) is 4.68 Å². The number of amides is 1. The van der Waals surface area contributed by atoms with E-state index in [1.54, 1.807) is 23.1 Å². The summed E-state index contributed by atoms with van der Waals surface area (Å²) in [4.78, 5) is 12.6. The maximum Gasteiger partial charge on any atom is 0.257 e. The molecule has 118 valence electrons. The number of hydrogen-bond acceptors (Lipinski definition) is 3. The number of nitrogens with zero attached hydrogens (tertiary/aromatic N) is 4. The zero-order chi connectivity index (χ0) is 16.4. The first-order valence-corrected chi connectivity index (χ1v) is 7.41. The van der Waals surface area contributed by atoms with Gasteiger partial charge in [-0.05, 0) is 39.0 Å². The van der Waals surface area contributed by atoms with Gasteiger partial charge in [-0.2, -0.15) is 10.2 Å². The molecule has 1 aromatic carbocycles. The highest BCUT2D eigenvalue weighted by molar-refractivity contribution is 6.06. The van der Waals surface area contributed by atoms with Gasteiger partial charge in [0, 0.05) is 18.6 Å². The monoisotopic (exact) mass is 309 g/mol. The second-order valence-corrected chi connectivity index (χ2v) is 6.27. The molecule has 0 aliphatic carbocycles. The van der Waals surface area contributed by atoms with Crippen molar-refractivity contribution in [1.29, 1.82) is 0 Å². The molecule has 1 N–H and O–H groups in total. The Balaban J connectivity index is 1.86. The van der Waals surface area contributed by atoms with Crippen LogP contribution in [0.2, 0.25) is 0 Å². The van der Waals surface area contributed by atoms with Crippen LogP contribution in [0.5, 0.6) is 0 Å². The summed E-state index contributed by atoms with van der Waals surface area (Å²) in [6.45, 7) is 6.16. The Morgan fingerprint density at radius 1 is 1.13 bits per heavy atom. The van der Waals surface area contributed by atoms with E-state index in [2.05, 4.69) is 36.3 Å². The van der Waals surface area contributed by atoms with Gasteiger partial charge in [0.15, 0.2) is 0 Å². The molecule has 0 bridgehead atoms. The minimum Gasteiger partial charge on any atom is -0.319 e. The SMILES string of the molecule is CC(C)(C)n1cc(NC(=O)c2ccccc2-n2cccn2)cn1. The molecule has 2 heterocycles. The molecule has 0 unspecified atom stereocenters. The summed E-state index contributed by atoms with van der Waals surface area (Å²) in [5.41, 5.74) is 1.83. The lowest BCUT2D eigenvalue weighted by molar-refractivity contribution is 0.102. The summed E-state index contributed by atoms with van der Waals surface area (Å²) >= 11 is 0. The molecular formula is C17H19N5O. The van der Waals surface area contributed by atoms with E-state index in [1.165, 1.54) is 0 Å². The first-order chi connectivity index (χ1) is 10.9.